The summed E-state index contributed by atoms with van der Waals surface area (Å²) in [6.45, 7) is 1.84. The Morgan fingerprint density at radius 2 is 1.65 bits per heavy atom. The molecule has 1 N–H and O–H groups in total. The van der Waals surface area contributed by atoms with E-state index in [0.717, 1.165) is 17.1 Å². The average molecular weight is 432 g/mol. The zero-order valence-corrected chi connectivity index (χ0v) is 17.9. The molecule has 7 nitrogen and oxygen atoms in total. The average Bonchev–Trinajstić information content (AvgIpc) is 3.16. The largest absolute Gasteiger partial charge is 0.457 e. The molecule has 1 atom stereocenters. The highest BCUT2D eigenvalue weighted by molar-refractivity contribution is 8.00. The molecule has 0 aliphatic heterocycles. The molecule has 0 aliphatic rings. The Kier molecular flexibility index (Phi) is 6.28. The molecule has 0 aliphatic carbocycles. The minimum Gasteiger partial charge on any atom is -0.457 e. The molecular weight excluding hydrogens is 410 g/mol. The van der Waals surface area contributed by atoms with Gasteiger partial charge in [0.1, 0.15) is 11.5 Å². The number of anilines is 1. The van der Waals surface area contributed by atoms with E-state index in [0.29, 0.717) is 16.6 Å². The van der Waals surface area contributed by atoms with Gasteiger partial charge in [-0.15, -0.1) is 10.2 Å². The van der Waals surface area contributed by atoms with Crippen LogP contribution in [0.5, 0.6) is 11.5 Å². The Labute approximate surface area is 184 Å². The summed E-state index contributed by atoms with van der Waals surface area (Å²) < 4.78 is 7.65. The summed E-state index contributed by atoms with van der Waals surface area (Å²) in [5.41, 5.74) is 1.63. The fourth-order valence-electron chi connectivity index (χ4n) is 2.86. The van der Waals surface area contributed by atoms with E-state index in [4.69, 9.17) is 4.74 Å². The van der Waals surface area contributed by atoms with Crippen molar-refractivity contribution in [1.29, 1.82) is 0 Å². The first-order valence-electron chi connectivity index (χ1n) is 9.70. The lowest BCUT2D eigenvalue weighted by Crippen LogP contribution is -2.22. The van der Waals surface area contributed by atoms with Gasteiger partial charge >= 0.3 is 0 Å². The first-order valence-corrected chi connectivity index (χ1v) is 10.6. The van der Waals surface area contributed by atoms with Gasteiger partial charge in [0.15, 0.2) is 11.0 Å². The maximum absolute atomic E-state index is 12.7. The van der Waals surface area contributed by atoms with Crippen molar-refractivity contribution in [2.45, 2.75) is 17.3 Å². The number of ether oxygens (including phenoxy) is 1. The molecule has 2 aromatic heterocycles. The fraction of sp³-hybridized carbons (Fsp3) is 0.130. The summed E-state index contributed by atoms with van der Waals surface area (Å²) in [5, 5.41) is 11.7. The Balaban J connectivity index is 1.36. The van der Waals surface area contributed by atoms with E-state index in [2.05, 4.69) is 20.5 Å². The number of pyridine rings is 1. The predicted octanol–water partition coefficient (Wildman–Crippen LogP) is 4.79. The van der Waals surface area contributed by atoms with Crippen molar-refractivity contribution in [3.63, 3.8) is 0 Å². The third kappa shape index (κ3) is 5.10. The molecule has 156 valence electrons. The number of para-hydroxylation sites is 1. The Morgan fingerprint density at radius 1 is 0.968 bits per heavy atom. The number of carbonyl (C=O) groups is 1. The van der Waals surface area contributed by atoms with Crippen LogP contribution in [0.15, 0.2) is 84.3 Å². The summed E-state index contributed by atoms with van der Waals surface area (Å²) in [7, 11) is 1.88. The second-order valence-corrected chi connectivity index (χ2v) is 8.10. The van der Waals surface area contributed by atoms with E-state index in [1.54, 1.807) is 12.4 Å². The van der Waals surface area contributed by atoms with Gasteiger partial charge in [0.2, 0.25) is 5.91 Å². The second kappa shape index (κ2) is 9.44. The van der Waals surface area contributed by atoms with Crippen LogP contribution in [0, 0.1) is 0 Å². The number of hydrogen-bond donors (Lipinski definition) is 1. The van der Waals surface area contributed by atoms with Gasteiger partial charge in [0.25, 0.3) is 0 Å². The first-order chi connectivity index (χ1) is 15.1. The van der Waals surface area contributed by atoms with Crippen LogP contribution >= 0.6 is 11.8 Å². The number of aromatic nitrogens is 4. The lowest BCUT2D eigenvalue weighted by molar-refractivity contribution is -0.115. The van der Waals surface area contributed by atoms with Crippen molar-refractivity contribution < 1.29 is 9.53 Å². The van der Waals surface area contributed by atoms with Gasteiger partial charge in [-0.1, -0.05) is 30.0 Å². The molecule has 2 heterocycles. The van der Waals surface area contributed by atoms with Crippen LogP contribution in [0.3, 0.4) is 0 Å². The van der Waals surface area contributed by atoms with Crippen molar-refractivity contribution in [3.05, 3.63) is 79.1 Å². The van der Waals surface area contributed by atoms with Crippen LogP contribution in [0.2, 0.25) is 0 Å². The zero-order valence-electron chi connectivity index (χ0n) is 17.1. The van der Waals surface area contributed by atoms with Gasteiger partial charge in [0, 0.05) is 30.7 Å². The Bertz CT molecular complexity index is 1150. The van der Waals surface area contributed by atoms with Gasteiger partial charge < -0.3 is 14.6 Å². The third-order valence-electron chi connectivity index (χ3n) is 4.53. The lowest BCUT2D eigenvalue weighted by Gasteiger charge is -2.12. The van der Waals surface area contributed by atoms with Crippen molar-refractivity contribution in [2.75, 3.05) is 5.32 Å². The molecule has 4 rings (SSSR count). The summed E-state index contributed by atoms with van der Waals surface area (Å²) in [6.07, 6.45) is 3.42. The van der Waals surface area contributed by atoms with Crippen LogP contribution in [-0.2, 0) is 11.8 Å². The standard InChI is InChI=1S/C23H21N5O2S/c1-16(31-23-27-26-21(28(23)2)17-12-14-24-15-13-17)22(29)25-18-8-10-20(11-9-18)30-19-6-4-3-5-7-19/h3-16H,1-2H3,(H,25,29)/t16-/m0/s1. The van der Waals surface area contributed by atoms with Crippen LogP contribution in [-0.4, -0.2) is 30.9 Å². The number of nitrogens with zero attached hydrogens (tertiary/aromatic N) is 4. The van der Waals surface area contributed by atoms with Crippen LogP contribution in [0.25, 0.3) is 11.4 Å². The van der Waals surface area contributed by atoms with Crippen molar-refractivity contribution >= 4 is 23.4 Å². The van der Waals surface area contributed by atoms with E-state index < -0.39 is 0 Å². The summed E-state index contributed by atoms with van der Waals surface area (Å²) in [4.78, 5) is 16.7. The Morgan fingerprint density at radius 3 is 2.35 bits per heavy atom. The van der Waals surface area contributed by atoms with E-state index in [9.17, 15) is 4.79 Å². The topological polar surface area (TPSA) is 81.9 Å². The third-order valence-corrected chi connectivity index (χ3v) is 5.66. The minimum atomic E-state index is -0.353. The van der Waals surface area contributed by atoms with Gasteiger partial charge in [0.05, 0.1) is 5.25 Å². The van der Waals surface area contributed by atoms with Gasteiger partial charge in [-0.25, -0.2) is 0 Å². The molecule has 0 saturated heterocycles. The maximum Gasteiger partial charge on any atom is 0.237 e. The Hall–Kier alpha value is -3.65. The van der Waals surface area contributed by atoms with Crippen molar-refractivity contribution in [2.24, 2.45) is 7.05 Å². The number of carbonyl (C=O) groups excluding carboxylic acids is 1. The quantitative estimate of drug-likeness (QED) is 0.424. The number of hydrogen-bond acceptors (Lipinski definition) is 6. The predicted molar refractivity (Wildman–Crippen MR) is 121 cm³/mol. The zero-order chi connectivity index (χ0) is 21.6. The highest BCUT2D eigenvalue weighted by atomic mass is 32.2. The first kappa shape index (κ1) is 20.6. The lowest BCUT2D eigenvalue weighted by atomic mass is 10.2. The number of amides is 1. The summed E-state index contributed by atoms with van der Waals surface area (Å²) >= 11 is 1.35. The van der Waals surface area contributed by atoms with E-state index in [1.807, 2.05) is 85.3 Å². The molecule has 1 amide bonds. The van der Waals surface area contributed by atoms with Crippen molar-refractivity contribution in [3.8, 4) is 22.9 Å². The molecule has 0 saturated carbocycles. The van der Waals surface area contributed by atoms with Gasteiger partial charge in [-0.2, -0.15) is 0 Å². The monoisotopic (exact) mass is 431 g/mol. The molecule has 0 spiro atoms. The number of benzene rings is 2. The second-order valence-electron chi connectivity index (χ2n) is 6.79. The normalized spacial score (nSPS) is 11.7. The molecule has 31 heavy (non-hydrogen) atoms. The smallest absolute Gasteiger partial charge is 0.237 e. The molecule has 0 radical (unpaired) electrons. The molecule has 8 heteroatoms. The SMILES string of the molecule is C[C@H](Sc1nnc(-c2ccncc2)n1C)C(=O)Nc1ccc(Oc2ccccc2)cc1. The van der Waals surface area contributed by atoms with Gasteiger partial charge in [-0.3, -0.25) is 9.78 Å². The molecule has 2 aromatic carbocycles. The molecule has 0 bridgehead atoms. The molecule has 0 unspecified atom stereocenters. The van der Waals surface area contributed by atoms with E-state index in [1.165, 1.54) is 11.8 Å². The maximum atomic E-state index is 12.7. The minimum absolute atomic E-state index is 0.116. The van der Waals surface area contributed by atoms with Crippen molar-refractivity contribution in [1.82, 2.24) is 19.7 Å². The molecule has 4 aromatic rings. The molecular formula is C23H21N5O2S. The van der Waals surface area contributed by atoms with Gasteiger partial charge in [-0.05, 0) is 55.5 Å². The summed E-state index contributed by atoms with van der Waals surface area (Å²) in [6, 6.07) is 20.6. The number of thioether (sulfide) groups is 1. The number of rotatable bonds is 7. The fourth-order valence-corrected chi connectivity index (χ4v) is 3.67. The van der Waals surface area contributed by atoms with Crippen LogP contribution in [0.4, 0.5) is 5.69 Å². The van der Waals surface area contributed by atoms with Crippen LogP contribution in [0.1, 0.15) is 6.92 Å². The van der Waals surface area contributed by atoms with E-state index in [-0.39, 0.29) is 11.2 Å². The summed E-state index contributed by atoms with van der Waals surface area (Å²) in [5.74, 6) is 2.08. The number of nitrogens with one attached hydrogen (secondary N) is 1. The van der Waals surface area contributed by atoms with Crippen LogP contribution < -0.4 is 10.1 Å². The highest BCUT2D eigenvalue weighted by Gasteiger charge is 2.19. The highest BCUT2D eigenvalue weighted by Crippen LogP contribution is 2.27. The molecule has 0 fully saturated rings. The van der Waals surface area contributed by atoms with E-state index >= 15 is 0 Å².